The first-order valence-corrected chi connectivity index (χ1v) is 7.94. The largest absolute Gasteiger partial charge is 0.325 e. The molecular weight excluding hydrogens is 262 g/mol. The summed E-state index contributed by atoms with van der Waals surface area (Å²) in [5.74, 6) is 0.827. The summed E-state index contributed by atoms with van der Waals surface area (Å²) in [4.78, 5) is 14.5. The highest BCUT2D eigenvalue weighted by molar-refractivity contribution is 5.93. The van der Waals surface area contributed by atoms with Gasteiger partial charge >= 0.3 is 0 Å². The molecule has 2 unspecified atom stereocenters. The monoisotopic (exact) mass is 287 g/mol. The number of amides is 1. The van der Waals surface area contributed by atoms with Crippen LogP contribution in [0.3, 0.4) is 0 Å². The molecule has 2 N–H and O–H groups in total. The molecule has 4 heteroatoms. The molecule has 0 saturated carbocycles. The second-order valence-electron chi connectivity index (χ2n) is 6.52. The molecule has 1 aromatic rings. The van der Waals surface area contributed by atoms with E-state index in [2.05, 4.69) is 28.5 Å². The Morgan fingerprint density at radius 3 is 3.00 bits per heavy atom. The molecule has 1 aromatic carbocycles. The van der Waals surface area contributed by atoms with Gasteiger partial charge in [0, 0.05) is 24.8 Å². The number of rotatable bonds is 3. The van der Waals surface area contributed by atoms with Crippen LogP contribution in [-0.2, 0) is 4.79 Å². The van der Waals surface area contributed by atoms with Gasteiger partial charge in [-0.1, -0.05) is 17.7 Å². The fraction of sp³-hybridized carbons (Fsp3) is 0.588. The second-order valence-corrected chi connectivity index (χ2v) is 6.52. The highest BCUT2D eigenvalue weighted by Gasteiger charge is 2.34. The molecule has 3 rings (SSSR count). The Labute approximate surface area is 126 Å². The van der Waals surface area contributed by atoms with Gasteiger partial charge in [0.25, 0.3) is 0 Å². The summed E-state index contributed by atoms with van der Waals surface area (Å²) in [7, 11) is 0. The highest BCUT2D eigenvalue weighted by Crippen LogP contribution is 2.24. The maximum atomic E-state index is 12.2. The van der Waals surface area contributed by atoms with Crippen LogP contribution in [0.4, 0.5) is 5.69 Å². The minimum absolute atomic E-state index is 0.0978. The standard InChI is InChI=1S/C17H25N3O/c1-12-5-6-15(13(2)8-12)19-17(21)11-20-9-14-4-3-7-18-16(14)10-20/h5-6,8,14,16,18H,3-4,7,9-11H2,1-2H3,(H,19,21). The van der Waals surface area contributed by atoms with E-state index in [9.17, 15) is 4.79 Å². The van der Waals surface area contributed by atoms with Crippen LogP contribution in [0, 0.1) is 19.8 Å². The Kier molecular flexibility index (Phi) is 4.27. The lowest BCUT2D eigenvalue weighted by Crippen LogP contribution is -2.41. The third kappa shape index (κ3) is 3.44. The van der Waals surface area contributed by atoms with E-state index in [0.29, 0.717) is 12.6 Å². The first kappa shape index (κ1) is 14.5. The maximum absolute atomic E-state index is 12.2. The zero-order valence-electron chi connectivity index (χ0n) is 13.0. The van der Waals surface area contributed by atoms with Gasteiger partial charge in [0.15, 0.2) is 0 Å². The number of nitrogens with zero attached hydrogens (tertiary/aromatic N) is 1. The van der Waals surface area contributed by atoms with Crippen LogP contribution in [0.15, 0.2) is 18.2 Å². The Hall–Kier alpha value is -1.39. The normalized spacial score (nSPS) is 25.6. The van der Waals surface area contributed by atoms with E-state index in [-0.39, 0.29) is 5.91 Å². The Morgan fingerprint density at radius 1 is 1.38 bits per heavy atom. The molecule has 2 atom stereocenters. The predicted octanol–water partition coefficient (Wildman–Crippen LogP) is 1.93. The number of nitrogens with one attached hydrogen (secondary N) is 2. The lowest BCUT2D eigenvalue weighted by molar-refractivity contribution is -0.117. The summed E-state index contributed by atoms with van der Waals surface area (Å²) < 4.78 is 0. The molecule has 2 saturated heterocycles. The van der Waals surface area contributed by atoms with Crippen molar-refractivity contribution in [2.45, 2.75) is 32.7 Å². The van der Waals surface area contributed by atoms with Gasteiger partial charge in [0.1, 0.15) is 0 Å². The molecule has 2 aliphatic heterocycles. The van der Waals surface area contributed by atoms with E-state index in [1.54, 1.807) is 0 Å². The number of hydrogen-bond donors (Lipinski definition) is 2. The van der Waals surface area contributed by atoms with Gasteiger partial charge in [0.2, 0.25) is 5.91 Å². The van der Waals surface area contributed by atoms with E-state index in [1.807, 2.05) is 19.1 Å². The molecule has 0 radical (unpaired) electrons. The number of aryl methyl sites for hydroxylation is 2. The zero-order valence-corrected chi connectivity index (χ0v) is 13.0. The van der Waals surface area contributed by atoms with Crippen molar-refractivity contribution in [1.29, 1.82) is 0 Å². The van der Waals surface area contributed by atoms with Crippen LogP contribution in [0.5, 0.6) is 0 Å². The number of carbonyl (C=O) groups excluding carboxylic acids is 1. The van der Waals surface area contributed by atoms with Gasteiger partial charge in [-0.3, -0.25) is 9.69 Å². The van der Waals surface area contributed by atoms with Crippen molar-refractivity contribution in [3.05, 3.63) is 29.3 Å². The summed E-state index contributed by atoms with van der Waals surface area (Å²) in [5.41, 5.74) is 3.28. The molecule has 0 aliphatic carbocycles. The van der Waals surface area contributed by atoms with Crippen molar-refractivity contribution in [2.24, 2.45) is 5.92 Å². The first-order chi connectivity index (χ1) is 10.1. The molecule has 21 heavy (non-hydrogen) atoms. The van der Waals surface area contributed by atoms with Crippen LogP contribution in [0.1, 0.15) is 24.0 Å². The van der Waals surface area contributed by atoms with E-state index in [4.69, 9.17) is 0 Å². The third-order valence-corrected chi connectivity index (χ3v) is 4.70. The van der Waals surface area contributed by atoms with Gasteiger partial charge in [-0.05, 0) is 50.8 Å². The molecule has 2 heterocycles. The van der Waals surface area contributed by atoms with Gasteiger partial charge < -0.3 is 10.6 Å². The Morgan fingerprint density at radius 2 is 2.24 bits per heavy atom. The number of piperidine rings is 1. The van der Waals surface area contributed by atoms with Crippen molar-refractivity contribution >= 4 is 11.6 Å². The summed E-state index contributed by atoms with van der Waals surface area (Å²) >= 11 is 0. The summed E-state index contributed by atoms with van der Waals surface area (Å²) in [6.45, 7) is 7.79. The number of carbonyl (C=O) groups is 1. The number of benzene rings is 1. The molecule has 0 spiro atoms. The lowest BCUT2D eigenvalue weighted by Gasteiger charge is -2.24. The van der Waals surface area contributed by atoms with Gasteiger partial charge in [0.05, 0.1) is 6.54 Å². The fourth-order valence-corrected chi connectivity index (χ4v) is 3.61. The minimum Gasteiger partial charge on any atom is -0.325 e. The van der Waals surface area contributed by atoms with E-state index >= 15 is 0 Å². The van der Waals surface area contributed by atoms with Crippen molar-refractivity contribution < 1.29 is 4.79 Å². The lowest BCUT2D eigenvalue weighted by atomic mass is 9.94. The number of likely N-dealkylation sites (tertiary alicyclic amines) is 1. The molecular formula is C17H25N3O. The van der Waals surface area contributed by atoms with Crippen LogP contribution in [-0.4, -0.2) is 43.0 Å². The van der Waals surface area contributed by atoms with Gasteiger partial charge in [-0.2, -0.15) is 0 Å². The molecule has 1 amide bonds. The third-order valence-electron chi connectivity index (χ3n) is 4.70. The number of anilines is 1. The quantitative estimate of drug-likeness (QED) is 0.893. The molecule has 114 valence electrons. The highest BCUT2D eigenvalue weighted by atomic mass is 16.2. The van der Waals surface area contributed by atoms with Crippen molar-refractivity contribution in [2.75, 3.05) is 31.5 Å². The van der Waals surface area contributed by atoms with E-state index in [0.717, 1.165) is 36.8 Å². The maximum Gasteiger partial charge on any atom is 0.238 e. The molecule has 0 aromatic heterocycles. The predicted molar refractivity (Wildman–Crippen MR) is 85.5 cm³/mol. The Bertz CT molecular complexity index is 515. The Balaban J connectivity index is 1.55. The molecule has 4 nitrogen and oxygen atoms in total. The van der Waals surface area contributed by atoms with Crippen LogP contribution < -0.4 is 10.6 Å². The molecule has 2 aliphatic rings. The van der Waals surface area contributed by atoms with Crippen LogP contribution in [0.2, 0.25) is 0 Å². The summed E-state index contributed by atoms with van der Waals surface area (Å²) in [5, 5.41) is 6.62. The first-order valence-electron chi connectivity index (χ1n) is 7.94. The van der Waals surface area contributed by atoms with Crippen molar-refractivity contribution in [3.63, 3.8) is 0 Å². The number of fused-ring (bicyclic) bond motifs is 1. The van der Waals surface area contributed by atoms with Gasteiger partial charge in [-0.25, -0.2) is 0 Å². The summed E-state index contributed by atoms with van der Waals surface area (Å²) in [6.07, 6.45) is 2.57. The number of hydrogen-bond acceptors (Lipinski definition) is 3. The molecule has 0 bridgehead atoms. The second kappa shape index (κ2) is 6.16. The fourth-order valence-electron chi connectivity index (χ4n) is 3.61. The SMILES string of the molecule is Cc1ccc(NC(=O)CN2CC3CCCNC3C2)c(C)c1. The average Bonchev–Trinajstić information content (AvgIpc) is 2.84. The molecule has 2 fully saturated rings. The van der Waals surface area contributed by atoms with Crippen molar-refractivity contribution in [1.82, 2.24) is 10.2 Å². The van der Waals surface area contributed by atoms with Crippen LogP contribution >= 0.6 is 0 Å². The topological polar surface area (TPSA) is 44.4 Å². The van der Waals surface area contributed by atoms with E-state index in [1.165, 1.54) is 18.4 Å². The summed E-state index contributed by atoms with van der Waals surface area (Å²) in [6, 6.07) is 6.72. The average molecular weight is 287 g/mol. The van der Waals surface area contributed by atoms with E-state index < -0.39 is 0 Å². The van der Waals surface area contributed by atoms with Gasteiger partial charge in [-0.15, -0.1) is 0 Å². The smallest absolute Gasteiger partial charge is 0.238 e. The van der Waals surface area contributed by atoms with Crippen molar-refractivity contribution in [3.8, 4) is 0 Å². The minimum atomic E-state index is 0.0978. The zero-order chi connectivity index (χ0) is 14.8. The van der Waals surface area contributed by atoms with Crippen LogP contribution in [0.25, 0.3) is 0 Å².